The summed E-state index contributed by atoms with van der Waals surface area (Å²) in [4.78, 5) is 19.4. The number of rotatable bonds is 12. The average molecular weight is 541 g/mol. The number of methoxy groups -OCH3 is 1. The van der Waals surface area contributed by atoms with Gasteiger partial charge < -0.3 is 29.4 Å². The maximum Gasteiger partial charge on any atom is 0.407 e. The molecule has 2 heterocycles. The van der Waals surface area contributed by atoms with Crippen molar-refractivity contribution in [1.82, 2.24) is 10.4 Å². The number of carbonyl (C=O) groups is 1. The summed E-state index contributed by atoms with van der Waals surface area (Å²) < 4.78 is 22.2. The van der Waals surface area contributed by atoms with E-state index in [-0.39, 0.29) is 31.0 Å². The molecule has 5 rings (SSSR count). The van der Waals surface area contributed by atoms with Gasteiger partial charge in [-0.2, -0.15) is 5.06 Å². The van der Waals surface area contributed by atoms with Crippen LogP contribution < -0.4 is 10.1 Å². The van der Waals surface area contributed by atoms with Crippen LogP contribution in [0.4, 0.5) is 4.79 Å². The van der Waals surface area contributed by atoms with Crippen molar-refractivity contribution in [2.75, 3.05) is 26.9 Å². The van der Waals surface area contributed by atoms with Crippen LogP contribution in [0, 0.1) is 5.92 Å². The maximum atomic E-state index is 13.0. The summed E-state index contributed by atoms with van der Waals surface area (Å²) in [6, 6.07) is 17.1. The number of hydrogen-bond donors (Lipinski definition) is 2. The minimum absolute atomic E-state index is 0.0491. The standard InChI is InChI=1S/C30H40N2O7/c1-35-23-13-11-22(12-14-23)18-32(39-24-9-5-6-10-24)19-27(33)26(17-21-7-3-2-4-8-21)31-30(34)38-28-20-37-29-25(28)15-16-36-29/h2-4,7-8,11-14,24-29,33H,5-6,9-10,15-20H2,1H3,(H,31,34). The molecular weight excluding hydrogens is 500 g/mol. The fraction of sp³-hybridized carbons (Fsp3) is 0.567. The van der Waals surface area contributed by atoms with Gasteiger partial charge in [0.15, 0.2) is 6.29 Å². The highest BCUT2D eigenvalue weighted by molar-refractivity contribution is 5.68. The minimum atomic E-state index is -0.903. The van der Waals surface area contributed by atoms with Crippen LogP contribution in [0.2, 0.25) is 0 Å². The lowest BCUT2D eigenvalue weighted by Crippen LogP contribution is -2.50. The van der Waals surface area contributed by atoms with E-state index < -0.39 is 18.2 Å². The number of nitrogens with zero attached hydrogens (tertiary/aromatic N) is 1. The maximum absolute atomic E-state index is 13.0. The van der Waals surface area contributed by atoms with Gasteiger partial charge in [0.25, 0.3) is 0 Å². The summed E-state index contributed by atoms with van der Waals surface area (Å²) in [5.41, 5.74) is 2.05. The van der Waals surface area contributed by atoms with Crippen LogP contribution >= 0.6 is 0 Å². The number of aliphatic hydroxyl groups is 1. The van der Waals surface area contributed by atoms with E-state index in [1.165, 1.54) is 0 Å². The summed E-state index contributed by atoms with van der Waals surface area (Å²) in [7, 11) is 1.64. The lowest BCUT2D eigenvalue weighted by Gasteiger charge is -2.31. The number of ether oxygens (including phenoxy) is 4. The molecule has 1 aliphatic carbocycles. The van der Waals surface area contributed by atoms with Gasteiger partial charge in [0.05, 0.1) is 51.0 Å². The zero-order valence-corrected chi connectivity index (χ0v) is 22.6. The molecule has 3 fully saturated rings. The van der Waals surface area contributed by atoms with Crippen molar-refractivity contribution in [3.8, 4) is 5.75 Å². The van der Waals surface area contributed by atoms with Gasteiger partial charge in [0, 0.05) is 6.54 Å². The Morgan fingerprint density at radius 1 is 1.05 bits per heavy atom. The van der Waals surface area contributed by atoms with E-state index in [0.29, 0.717) is 26.2 Å². The molecule has 9 heteroatoms. The van der Waals surface area contributed by atoms with Gasteiger partial charge in [-0.25, -0.2) is 4.79 Å². The summed E-state index contributed by atoms with van der Waals surface area (Å²) in [6.07, 6.45) is 3.56. The van der Waals surface area contributed by atoms with E-state index in [9.17, 15) is 9.90 Å². The molecule has 5 atom stereocenters. The highest BCUT2D eigenvalue weighted by Crippen LogP contribution is 2.33. The second kappa shape index (κ2) is 13.6. The fourth-order valence-corrected chi connectivity index (χ4v) is 5.64. The van der Waals surface area contributed by atoms with E-state index in [4.69, 9.17) is 23.8 Å². The smallest absolute Gasteiger partial charge is 0.407 e. The van der Waals surface area contributed by atoms with Crippen LogP contribution in [0.5, 0.6) is 5.75 Å². The van der Waals surface area contributed by atoms with Gasteiger partial charge in [-0.15, -0.1) is 0 Å². The molecule has 5 unspecified atom stereocenters. The SMILES string of the molecule is COc1ccc(CN(CC(O)C(Cc2ccccc2)NC(=O)OC2COC3OCCC23)OC2CCCC2)cc1. The Hall–Kier alpha value is -2.69. The van der Waals surface area contributed by atoms with Gasteiger partial charge in [0.2, 0.25) is 0 Å². The van der Waals surface area contributed by atoms with Crippen molar-refractivity contribution in [3.63, 3.8) is 0 Å². The molecule has 212 valence electrons. The zero-order chi connectivity index (χ0) is 27.0. The van der Waals surface area contributed by atoms with Crippen molar-refractivity contribution in [3.05, 3.63) is 65.7 Å². The Morgan fingerprint density at radius 2 is 1.82 bits per heavy atom. The van der Waals surface area contributed by atoms with Gasteiger partial charge in [-0.3, -0.25) is 4.84 Å². The Morgan fingerprint density at radius 3 is 2.56 bits per heavy atom. The van der Waals surface area contributed by atoms with Crippen molar-refractivity contribution in [1.29, 1.82) is 0 Å². The number of nitrogens with one attached hydrogen (secondary N) is 1. The first-order valence-corrected chi connectivity index (χ1v) is 14.0. The van der Waals surface area contributed by atoms with Crippen LogP contribution in [-0.4, -0.2) is 73.8 Å². The van der Waals surface area contributed by atoms with E-state index in [0.717, 1.165) is 49.0 Å². The van der Waals surface area contributed by atoms with Crippen molar-refractivity contribution in [2.45, 2.75) is 75.7 Å². The molecular formula is C30H40N2O7. The van der Waals surface area contributed by atoms with Crippen LogP contribution in [-0.2, 0) is 32.0 Å². The van der Waals surface area contributed by atoms with Crippen LogP contribution in [0.1, 0.15) is 43.2 Å². The Labute approximate surface area is 230 Å². The number of aliphatic hydroxyl groups excluding tert-OH is 1. The van der Waals surface area contributed by atoms with Crippen molar-refractivity contribution >= 4 is 6.09 Å². The van der Waals surface area contributed by atoms with Crippen LogP contribution in [0.25, 0.3) is 0 Å². The molecule has 2 N–H and O–H groups in total. The first kappa shape index (κ1) is 27.9. The zero-order valence-electron chi connectivity index (χ0n) is 22.6. The summed E-state index contributed by atoms with van der Waals surface area (Å²) >= 11 is 0. The molecule has 2 saturated heterocycles. The molecule has 0 spiro atoms. The highest BCUT2D eigenvalue weighted by atomic mass is 16.7. The molecule has 1 saturated carbocycles. The van der Waals surface area contributed by atoms with E-state index in [1.54, 1.807) is 7.11 Å². The van der Waals surface area contributed by atoms with E-state index in [2.05, 4.69) is 5.32 Å². The predicted octanol–water partition coefficient (Wildman–Crippen LogP) is 3.83. The Bertz CT molecular complexity index is 1030. The van der Waals surface area contributed by atoms with Gasteiger partial charge >= 0.3 is 6.09 Å². The molecule has 0 bridgehead atoms. The molecule has 39 heavy (non-hydrogen) atoms. The Balaban J connectivity index is 1.26. The summed E-state index contributed by atoms with van der Waals surface area (Å²) in [5, 5.41) is 16.3. The molecule has 9 nitrogen and oxygen atoms in total. The molecule has 3 aliphatic rings. The van der Waals surface area contributed by atoms with Crippen molar-refractivity contribution < 1.29 is 33.7 Å². The lowest BCUT2D eigenvalue weighted by atomic mass is 10.0. The number of carbonyl (C=O) groups excluding carboxylic acids is 1. The second-order valence-corrected chi connectivity index (χ2v) is 10.7. The third-order valence-corrected chi connectivity index (χ3v) is 7.82. The van der Waals surface area contributed by atoms with Gasteiger partial charge in [-0.05, 0) is 48.9 Å². The van der Waals surface area contributed by atoms with Gasteiger partial charge in [-0.1, -0.05) is 55.3 Å². The quantitative estimate of drug-likeness (QED) is 0.392. The molecule has 2 aromatic carbocycles. The predicted molar refractivity (Wildman–Crippen MR) is 144 cm³/mol. The number of hydroxylamine groups is 2. The fourth-order valence-electron chi connectivity index (χ4n) is 5.64. The molecule has 2 aliphatic heterocycles. The summed E-state index contributed by atoms with van der Waals surface area (Å²) in [5.74, 6) is 0.837. The first-order valence-electron chi connectivity index (χ1n) is 14.0. The lowest BCUT2D eigenvalue weighted by molar-refractivity contribution is -0.214. The summed E-state index contributed by atoms with van der Waals surface area (Å²) in [6.45, 7) is 1.66. The molecule has 2 aromatic rings. The average Bonchev–Trinajstić information content (AvgIpc) is 3.70. The minimum Gasteiger partial charge on any atom is -0.497 e. The number of fused-ring (bicyclic) bond motifs is 1. The monoisotopic (exact) mass is 540 g/mol. The first-order chi connectivity index (χ1) is 19.1. The Kier molecular flexibility index (Phi) is 9.71. The number of amides is 1. The van der Waals surface area contributed by atoms with E-state index >= 15 is 0 Å². The second-order valence-electron chi connectivity index (χ2n) is 10.7. The number of hydrogen-bond acceptors (Lipinski definition) is 8. The highest BCUT2D eigenvalue weighted by Gasteiger charge is 2.44. The van der Waals surface area contributed by atoms with Crippen molar-refractivity contribution in [2.24, 2.45) is 5.92 Å². The normalized spacial score (nSPS) is 24.4. The van der Waals surface area contributed by atoms with Gasteiger partial charge in [0.1, 0.15) is 11.9 Å². The molecule has 0 radical (unpaired) electrons. The van der Waals surface area contributed by atoms with Crippen LogP contribution in [0.3, 0.4) is 0 Å². The number of benzene rings is 2. The molecule has 0 aromatic heterocycles. The topological polar surface area (TPSA) is 98.7 Å². The number of alkyl carbamates (subject to hydrolysis) is 1. The third-order valence-electron chi connectivity index (χ3n) is 7.82. The third kappa shape index (κ3) is 7.70. The van der Waals surface area contributed by atoms with E-state index in [1.807, 2.05) is 59.7 Å². The molecule has 1 amide bonds. The largest absolute Gasteiger partial charge is 0.497 e. The van der Waals surface area contributed by atoms with Crippen LogP contribution in [0.15, 0.2) is 54.6 Å².